The highest BCUT2D eigenvalue weighted by Crippen LogP contribution is 2.22. The Morgan fingerprint density at radius 3 is 2.43 bits per heavy atom. The van der Waals surface area contributed by atoms with Crippen LogP contribution in [0.15, 0.2) is 24.4 Å². The van der Waals surface area contributed by atoms with E-state index in [9.17, 15) is 17.6 Å². The van der Waals surface area contributed by atoms with Crippen molar-refractivity contribution in [2.75, 3.05) is 6.61 Å². The summed E-state index contributed by atoms with van der Waals surface area (Å²) in [7, 11) is 0. The van der Waals surface area contributed by atoms with Crippen molar-refractivity contribution in [1.29, 1.82) is 0 Å². The average molecular weight is 327 g/mol. The molecule has 0 radical (unpaired) electrons. The molecule has 0 aliphatic heterocycles. The van der Waals surface area contributed by atoms with E-state index < -0.39 is 18.8 Å². The van der Waals surface area contributed by atoms with Crippen LogP contribution in [0, 0.1) is 18.6 Å². The Morgan fingerprint density at radius 2 is 1.78 bits per heavy atom. The van der Waals surface area contributed by atoms with E-state index in [-0.39, 0.29) is 23.7 Å². The number of aryl methyl sites for hydroxylation is 2. The molecule has 124 valence electrons. The highest BCUT2D eigenvalue weighted by atomic mass is 19.3. The first kappa shape index (κ1) is 17.2. The van der Waals surface area contributed by atoms with Gasteiger partial charge in [-0.3, -0.25) is 0 Å². The lowest BCUT2D eigenvalue weighted by molar-refractivity contribution is 0.0795. The standard InChI is InChI=1S/C17H17F4NO/c1-3-11-4-10(2)12(6-14(11)18)5-13-7-17(22-8-15(13)19)23-9-16(20)21/h4,6-8,16H,3,5,9H2,1-2H3. The van der Waals surface area contributed by atoms with Crippen molar-refractivity contribution >= 4 is 0 Å². The zero-order valence-electron chi connectivity index (χ0n) is 12.9. The van der Waals surface area contributed by atoms with Crippen molar-refractivity contribution in [3.63, 3.8) is 0 Å². The molecule has 0 bridgehead atoms. The highest BCUT2D eigenvalue weighted by Gasteiger charge is 2.12. The van der Waals surface area contributed by atoms with Crippen LogP contribution in [0.5, 0.6) is 5.88 Å². The van der Waals surface area contributed by atoms with Crippen LogP contribution >= 0.6 is 0 Å². The fourth-order valence-corrected chi connectivity index (χ4v) is 2.27. The van der Waals surface area contributed by atoms with Crippen molar-refractivity contribution in [2.45, 2.75) is 33.1 Å². The molecule has 1 heterocycles. The van der Waals surface area contributed by atoms with Gasteiger partial charge in [0.25, 0.3) is 6.43 Å². The molecule has 1 aromatic heterocycles. The van der Waals surface area contributed by atoms with Crippen LogP contribution in [-0.4, -0.2) is 18.0 Å². The number of pyridine rings is 1. The number of halogens is 4. The lowest BCUT2D eigenvalue weighted by Crippen LogP contribution is -2.09. The summed E-state index contributed by atoms with van der Waals surface area (Å²) in [5.41, 5.74) is 2.29. The fourth-order valence-electron chi connectivity index (χ4n) is 2.27. The molecule has 0 saturated carbocycles. The van der Waals surface area contributed by atoms with Gasteiger partial charge in [-0.25, -0.2) is 22.5 Å². The van der Waals surface area contributed by atoms with Crippen molar-refractivity contribution in [3.8, 4) is 5.88 Å². The molecule has 0 aliphatic carbocycles. The number of rotatable bonds is 6. The number of benzene rings is 1. The second kappa shape index (κ2) is 7.44. The van der Waals surface area contributed by atoms with E-state index in [1.54, 1.807) is 6.07 Å². The number of aromatic nitrogens is 1. The first-order valence-electron chi connectivity index (χ1n) is 7.24. The third kappa shape index (κ3) is 4.43. The molecule has 2 nitrogen and oxygen atoms in total. The third-order valence-electron chi connectivity index (χ3n) is 3.53. The molecular weight excluding hydrogens is 310 g/mol. The zero-order valence-corrected chi connectivity index (χ0v) is 12.9. The van der Waals surface area contributed by atoms with Crippen LogP contribution in [0.2, 0.25) is 0 Å². The fraction of sp³-hybridized carbons (Fsp3) is 0.353. The maximum absolute atomic E-state index is 13.9. The van der Waals surface area contributed by atoms with E-state index in [0.717, 1.165) is 11.8 Å². The van der Waals surface area contributed by atoms with Crippen LogP contribution in [-0.2, 0) is 12.8 Å². The molecule has 0 fully saturated rings. The summed E-state index contributed by atoms with van der Waals surface area (Å²) in [5, 5.41) is 0. The lowest BCUT2D eigenvalue weighted by atomic mass is 9.97. The summed E-state index contributed by atoms with van der Waals surface area (Å²) in [6.45, 7) is 2.87. The van der Waals surface area contributed by atoms with Gasteiger partial charge < -0.3 is 4.74 Å². The number of hydrogen-bond acceptors (Lipinski definition) is 2. The Labute approximate surface area is 132 Å². The van der Waals surface area contributed by atoms with Crippen LogP contribution < -0.4 is 4.74 Å². The van der Waals surface area contributed by atoms with Crippen LogP contribution in [0.3, 0.4) is 0 Å². The number of alkyl halides is 2. The molecule has 0 saturated heterocycles. The monoisotopic (exact) mass is 327 g/mol. The minimum atomic E-state index is -2.64. The quantitative estimate of drug-likeness (QED) is 0.731. The lowest BCUT2D eigenvalue weighted by Gasteiger charge is -2.11. The average Bonchev–Trinajstić information content (AvgIpc) is 2.51. The smallest absolute Gasteiger partial charge is 0.272 e. The Balaban J connectivity index is 2.25. The zero-order chi connectivity index (χ0) is 17.0. The second-order valence-corrected chi connectivity index (χ2v) is 5.22. The van der Waals surface area contributed by atoms with Crippen molar-refractivity contribution in [1.82, 2.24) is 4.98 Å². The summed E-state index contributed by atoms with van der Waals surface area (Å²) in [5.74, 6) is -1.00. The van der Waals surface area contributed by atoms with Crippen LogP contribution in [0.4, 0.5) is 17.6 Å². The Hall–Kier alpha value is -2.11. The molecule has 23 heavy (non-hydrogen) atoms. The van der Waals surface area contributed by atoms with E-state index >= 15 is 0 Å². The molecule has 0 N–H and O–H groups in total. The van der Waals surface area contributed by atoms with Gasteiger partial charge in [-0.2, -0.15) is 0 Å². The molecule has 2 rings (SSSR count). The van der Waals surface area contributed by atoms with Gasteiger partial charge in [0, 0.05) is 12.5 Å². The Morgan fingerprint density at radius 1 is 1.04 bits per heavy atom. The maximum Gasteiger partial charge on any atom is 0.272 e. The third-order valence-corrected chi connectivity index (χ3v) is 3.53. The molecule has 0 unspecified atom stereocenters. The first-order chi connectivity index (χ1) is 10.9. The Bertz CT molecular complexity index is 689. The maximum atomic E-state index is 13.9. The van der Waals surface area contributed by atoms with Gasteiger partial charge in [0.2, 0.25) is 5.88 Å². The molecular formula is C17H17F4NO. The van der Waals surface area contributed by atoms with Gasteiger partial charge in [-0.15, -0.1) is 0 Å². The number of ether oxygens (including phenoxy) is 1. The normalized spacial score (nSPS) is 11.1. The Kier molecular flexibility index (Phi) is 5.58. The summed E-state index contributed by atoms with van der Waals surface area (Å²) >= 11 is 0. The van der Waals surface area contributed by atoms with Gasteiger partial charge >= 0.3 is 0 Å². The first-order valence-corrected chi connectivity index (χ1v) is 7.24. The molecule has 1 aromatic carbocycles. The molecule has 0 amide bonds. The minimum absolute atomic E-state index is 0.0787. The predicted molar refractivity (Wildman–Crippen MR) is 79.0 cm³/mol. The van der Waals surface area contributed by atoms with E-state index in [4.69, 9.17) is 4.74 Å². The number of hydrogen-bond donors (Lipinski definition) is 0. The SMILES string of the molecule is CCc1cc(C)c(Cc2cc(OCC(F)F)ncc2F)cc1F. The van der Waals surface area contributed by atoms with Crippen LogP contribution in [0.1, 0.15) is 29.2 Å². The van der Waals surface area contributed by atoms with Gasteiger partial charge in [-0.1, -0.05) is 13.0 Å². The highest BCUT2D eigenvalue weighted by molar-refractivity contribution is 5.37. The largest absolute Gasteiger partial charge is 0.472 e. The van der Waals surface area contributed by atoms with Crippen molar-refractivity contribution in [2.24, 2.45) is 0 Å². The van der Waals surface area contributed by atoms with Gasteiger partial charge in [-0.05, 0) is 41.7 Å². The predicted octanol–water partition coefficient (Wildman–Crippen LogP) is 4.47. The van der Waals surface area contributed by atoms with E-state index in [0.29, 0.717) is 17.5 Å². The summed E-state index contributed by atoms with van der Waals surface area (Å²) < 4.78 is 56.9. The van der Waals surface area contributed by atoms with Crippen molar-refractivity contribution in [3.05, 3.63) is 58.3 Å². The molecule has 6 heteroatoms. The summed E-state index contributed by atoms with van der Waals surface area (Å²) in [6.07, 6.45) is -1.01. The number of nitrogens with zero attached hydrogens (tertiary/aromatic N) is 1. The van der Waals surface area contributed by atoms with E-state index in [1.165, 1.54) is 12.1 Å². The van der Waals surface area contributed by atoms with Crippen molar-refractivity contribution < 1.29 is 22.3 Å². The summed E-state index contributed by atoms with van der Waals surface area (Å²) in [4.78, 5) is 3.62. The molecule has 0 aliphatic rings. The van der Waals surface area contributed by atoms with Gasteiger partial charge in [0.15, 0.2) is 6.61 Å². The van der Waals surface area contributed by atoms with E-state index in [2.05, 4.69) is 4.98 Å². The van der Waals surface area contributed by atoms with Gasteiger partial charge in [0.1, 0.15) is 11.6 Å². The topological polar surface area (TPSA) is 22.1 Å². The molecule has 0 spiro atoms. The minimum Gasteiger partial charge on any atom is -0.472 e. The summed E-state index contributed by atoms with van der Waals surface area (Å²) in [6, 6.07) is 4.38. The molecule has 2 aromatic rings. The van der Waals surface area contributed by atoms with Gasteiger partial charge in [0.05, 0.1) is 6.20 Å². The van der Waals surface area contributed by atoms with Crippen LogP contribution in [0.25, 0.3) is 0 Å². The molecule has 0 atom stereocenters. The van der Waals surface area contributed by atoms with E-state index in [1.807, 2.05) is 13.8 Å². The second-order valence-electron chi connectivity index (χ2n) is 5.22.